The molecule has 0 aliphatic carbocycles. The molecule has 18 heavy (non-hydrogen) atoms. The maximum Gasteiger partial charge on any atom is 0.209 e. The largest absolute Gasteiger partial charge is 0.396 e. The number of carbonyl (C=O) groups is 1. The molecule has 2 N–H and O–H groups in total. The maximum atomic E-state index is 13.8. The van der Waals surface area contributed by atoms with Gasteiger partial charge in [-0.05, 0) is 37.6 Å². The van der Waals surface area contributed by atoms with Crippen LogP contribution in [0.4, 0.5) is 14.5 Å². The van der Waals surface area contributed by atoms with Crippen LogP contribution < -0.4 is 5.73 Å². The van der Waals surface area contributed by atoms with E-state index in [1.807, 2.05) is 6.92 Å². The fraction of sp³-hybridized carbons (Fsp3) is 0.154. The zero-order chi connectivity index (χ0) is 13.4. The average Bonchev–Trinajstić information content (AvgIpc) is 2.63. The van der Waals surface area contributed by atoms with Gasteiger partial charge in [0.15, 0.2) is 5.82 Å². The molecule has 0 spiro atoms. The van der Waals surface area contributed by atoms with Gasteiger partial charge in [-0.1, -0.05) is 0 Å². The number of carbonyl (C=O) groups excluding carboxylic acids is 1. The van der Waals surface area contributed by atoms with E-state index in [-0.39, 0.29) is 5.69 Å². The standard InChI is InChI=1S/C13H11F2NOS/c1-6-5-7(2)18-13(6)12(17)10-8(14)3-4-9(16)11(10)15/h3-5H,16H2,1-2H3. The monoisotopic (exact) mass is 267 g/mol. The van der Waals surface area contributed by atoms with Gasteiger partial charge in [0.05, 0.1) is 16.1 Å². The Hall–Kier alpha value is -1.75. The third-order valence-electron chi connectivity index (χ3n) is 2.60. The molecule has 5 heteroatoms. The second kappa shape index (κ2) is 4.49. The predicted octanol–water partition coefficient (Wildman–Crippen LogP) is 3.46. The smallest absolute Gasteiger partial charge is 0.209 e. The number of hydrogen-bond donors (Lipinski definition) is 1. The summed E-state index contributed by atoms with van der Waals surface area (Å²) in [6, 6.07) is 3.91. The van der Waals surface area contributed by atoms with Gasteiger partial charge in [-0.3, -0.25) is 4.79 Å². The summed E-state index contributed by atoms with van der Waals surface area (Å²) in [5, 5.41) is 0. The van der Waals surface area contributed by atoms with Crippen LogP contribution in [0.5, 0.6) is 0 Å². The third kappa shape index (κ3) is 2.01. The van der Waals surface area contributed by atoms with Crippen LogP contribution in [-0.2, 0) is 0 Å². The molecule has 0 fully saturated rings. The molecule has 2 rings (SSSR count). The first-order valence-electron chi connectivity index (χ1n) is 5.27. The van der Waals surface area contributed by atoms with E-state index in [0.717, 1.165) is 17.0 Å². The number of hydrogen-bond acceptors (Lipinski definition) is 3. The first-order valence-corrected chi connectivity index (χ1v) is 6.08. The van der Waals surface area contributed by atoms with Gasteiger partial charge in [-0.25, -0.2) is 8.78 Å². The van der Waals surface area contributed by atoms with E-state index < -0.39 is 23.0 Å². The number of ketones is 1. The number of thiophene rings is 1. The number of nitrogen functional groups attached to an aromatic ring is 1. The maximum absolute atomic E-state index is 13.8. The SMILES string of the molecule is Cc1cc(C)c(C(=O)c2c(F)ccc(N)c2F)s1. The first-order chi connectivity index (χ1) is 8.41. The minimum absolute atomic E-state index is 0.231. The summed E-state index contributed by atoms with van der Waals surface area (Å²) in [6.07, 6.45) is 0. The Balaban J connectivity index is 2.60. The Morgan fingerprint density at radius 2 is 1.94 bits per heavy atom. The highest BCUT2D eigenvalue weighted by atomic mass is 32.1. The molecule has 1 aromatic carbocycles. The molecule has 94 valence electrons. The van der Waals surface area contributed by atoms with Crippen molar-refractivity contribution in [2.75, 3.05) is 5.73 Å². The predicted molar refractivity (Wildman–Crippen MR) is 68.0 cm³/mol. The number of halogens is 2. The van der Waals surface area contributed by atoms with E-state index in [9.17, 15) is 13.6 Å². The lowest BCUT2D eigenvalue weighted by atomic mass is 10.1. The fourth-order valence-electron chi connectivity index (χ4n) is 1.76. The molecule has 0 amide bonds. The molecule has 2 nitrogen and oxygen atoms in total. The summed E-state index contributed by atoms with van der Waals surface area (Å²) in [4.78, 5) is 13.4. The van der Waals surface area contributed by atoms with Crippen LogP contribution in [0.1, 0.15) is 25.7 Å². The van der Waals surface area contributed by atoms with Crippen LogP contribution in [0.15, 0.2) is 18.2 Å². The Labute approximate surface area is 107 Å². The van der Waals surface area contributed by atoms with Crippen molar-refractivity contribution in [3.8, 4) is 0 Å². The molecule has 0 saturated heterocycles. The molecule has 0 bridgehead atoms. The molecule has 2 aromatic rings. The van der Waals surface area contributed by atoms with E-state index in [1.165, 1.54) is 11.3 Å². The van der Waals surface area contributed by atoms with Crippen LogP contribution in [-0.4, -0.2) is 5.78 Å². The van der Waals surface area contributed by atoms with Gasteiger partial charge in [0.25, 0.3) is 0 Å². The van der Waals surface area contributed by atoms with Gasteiger partial charge in [0, 0.05) is 4.88 Å². The molecule has 0 aliphatic heterocycles. The molecule has 0 unspecified atom stereocenters. The molecule has 0 radical (unpaired) electrons. The van der Waals surface area contributed by atoms with Crippen molar-refractivity contribution in [1.82, 2.24) is 0 Å². The Bertz CT molecular complexity index is 634. The van der Waals surface area contributed by atoms with Gasteiger partial charge in [-0.2, -0.15) is 0 Å². The molecule has 1 aromatic heterocycles. The van der Waals surface area contributed by atoms with Crippen LogP contribution in [0.2, 0.25) is 0 Å². The molecule has 0 saturated carbocycles. The number of rotatable bonds is 2. The zero-order valence-corrected chi connectivity index (χ0v) is 10.7. The van der Waals surface area contributed by atoms with Crippen LogP contribution in [0, 0.1) is 25.5 Å². The number of nitrogens with two attached hydrogens (primary N) is 1. The second-order valence-electron chi connectivity index (χ2n) is 4.02. The highest BCUT2D eigenvalue weighted by Crippen LogP contribution is 2.27. The van der Waals surface area contributed by atoms with Crippen LogP contribution >= 0.6 is 11.3 Å². The van der Waals surface area contributed by atoms with Gasteiger partial charge in [0.2, 0.25) is 5.78 Å². The minimum atomic E-state index is -0.995. The van der Waals surface area contributed by atoms with Crippen molar-refractivity contribution in [3.63, 3.8) is 0 Å². The highest BCUT2D eigenvalue weighted by molar-refractivity contribution is 7.14. The van der Waals surface area contributed by atoms with Crippen molar-refractivity contribution < 1.29 is 13.6 Å². The molecular formula is C13H11F2NOS. The van der Waals surface area contributed by atoms with E-state index in [2.05, 4.69) is 0 Å². The summed E-state index contributed by atoms with van der Waals surface area (Å²) in [5.41, 5.74) is 5.26. The van der Waals surface area contributed by atoms with Gasteiger partial charge in [-0.15, -0.1) is 11.3 Å². The van der Waals surface area contributed by atoms with E-state index >= 15 is 0 Å². The molecule has 1 heterocycles. The zero-order valence-electron chi connectivity index (χ0n) is 9.88. The molecule has 0 aliphatic rings. The van der Waals surface area contributed by atoms with E-state index in [1.54, 1.807) is 13.0 Å². The lowest BCUT2D eigenvalue weighted by Gasteiger charge is -2.05. The van der Waals surface area contributed by atoms with Crippen LogP contribution in [0.3, 0.4) is 0 Å². The summed E-state index contributed by atoms with van der Waals surface area (Å²) in [6.45, 7) is 3.57. The number of aryl methyl sites for hydroxylation is 2. The van der Waals surface area contributed by atoms with Gasteiger partial charge in [0.1, 0.15) is 5.82 Å². The average molecular weight is 267 g/mol. The van der Waals surface area contributed by atoms with E-state index in [0.29, 0.717) is 10.4 Å². The van der Waals surface area contributed by atoms with Crippen molar-refractivity contribution in [2.24, 2.45) is 0 Å². The quantitative estimate of drug-likeness (QED) is 0.669. The summed E-state index contributed by atoms with van der Waals surface area (Å²) in [7, 11) is 0. The van der Waals surface area contributed by atoms with Crippen molar-refractivity contribution in [1.29, 1.82) is 0 Å². The van der Waals surface area contributed by atoms with E-state index in [4.69, 9.17) is 5.73 Å². The Kier molecular flexibility index (Phi) is 3.17. The number of benzene rings is 1. The number of anilines is 1. The summed E-state index contributed by atoms with van der Waals surface area (Å²) < 4.78 is 27.3. The third-order valence-corrected chi connectivity index (χ3v) is 3.75. The van der Waals surface area contributed by atoms with Gasteiger partial charge < -0.3 is 5.73 Å². The Morgan fingerprint density at radius 1 is 1.28 bits per heavy atom. The summed E-state index contributed by atoms with van der Waals surface area (Å²) in [5.74, 6) is -2.55. The fourth-order valence-corrected chi connectivity index (χ4v) is 2.73. The van der Waals surface area contributed by atoms with Crippen molar-refractivity contribution >= 4 is 22.8 Å². The van der Waals surface area contributed by atoms with Crippen molar-refractivity contribution in [2.45, 2.75) is 13.8 Å². The minimum Gasteiger partial charge on any atom is -0.396 e. The summed E-state index contributed by atoms with van der Waals surface area (Å²) >= 11 is 1.22. The van der Waals surface area contributed by atoms with Gasteiger partial charge >= 0.3 is 0 Å². The van der Waals surface area contributed by atoms with Crippen molar-refractivity contribution in [3.05, 3.63) is 50.7 Å². The molecule has 0 atom stereocenters. The molecular weight excluding hydrogens is 256 g/mol. The lowest BCUT2D eigenvalue weighted by molar-refractivity contribution is 0.103. The normalized spacial score (nSPS) is 10.7. The lowest BCUT2D eigenvalue weighted by Crippen LogP contribution is -2.09. The second-order valence-corrected chi connectivity index (χ2v) is 5.28. The van der Waals surface area contributed by atoms with Crippen LogP contribution in [0.25, 0.3) is 0 Å². The first kappa shape index (κ1) is 12.7. The highest BCUT2D eigenvalue weighted by Gasteiger charge is 2.23. The Morgan fingerprint density at radius 3 is 2.50 bits per heavy atom. The topological polar surface area (TPSA) is 43.1 Å².